The van der Waals surface area contributed by atoms with E-state index in [2.05, 4.69) is 15.9 Å². The van der Waals surface area contributed by atoms with Gasteiger partial charge in [0.2, 0.25) is 0 Å². The average molecular weight is 357 g/mol. The summed E-state index contributed by atoms with van der Waals surface area (Å²) >= 11 is 9.60. The van der Waals surface area contributed by atoms with E-state index in [1.807, 2.05) is 30.3 Å². The van der Waals surface area contributed by atoms with Gasteiger partial charge in [0, 0.05) is 17.1 Å². The van der Waals surface area contributed by atoms with Gasteiger partial charge in [0.1, 0.15) is 16.0 Å². The van der Waals surface area contributed by atoms with E-state index in [1.165, 1.54) is 0 Å². The van der Waals surface area contributed by atoms with Crippen LogP contribution in [0.4, 0.5) is 0 Å². The molecule has 0 amide bonds. The summed E-state index contributed by atoms with van der Waals surface area (Å²) < 4.78 is 11.5. The van der Waals surface area contributed by atoms with Crippen LogP contribution >= 0.6 is 27.5 Å². The quantitative estimate of drug-likeness (QED) is 0.891. The lowest BCUT2D eigenvalue weighted by Crippen LogP contribution is -2.00. The minimum Gasteiger partial charge on any atom is -0.495 e. The van der Waals surface area contributed by atoms with Crippen molar-refractivity contribution in [2.45, 2.75) is 6.54 Å². The zero-order valence-corrected chi connectivity index (χ0v) is 13.6. The van der Waals surface area contributed by atoms with Crippen LogP contribution in [0, 0.1) is 0 Å². The second-order valence-electron chi connectivity index (χ2n) is 4.17. The lowest BCUT2D eigenvalue weighted by molar-refractivity contribution is 0.390. The van der Waals surface area contributed by atoms with Crippen molar-refractivity contribution >= 4 is 27.5 Å². The molecule has 5 heteroatoms. The molecule has 0 aliphatic carbocycles. The van der Waals surface area contributed by atoms with Gasteiger partial charge in [-0.25, -0.2) is 0 Å². The fourth-order valence-electron chi connectivity index (χ4n) is 2.08. The second-order valence-corrected chi connectivity index (χ2v) is 5.40. The summed E-state index contributed by atoms with van der Waals surface area (Å²) in [5.74, 6) is 1.41. The third-order valence-corrected chi connectivity index (χ3v) is 4.05. The van der Waals surface area contributed by atoms with E-state index in [-0.39, 0.29) is 0 Å². The monoisotopic (exact) mass is 355 g/mol. The number of ether oxygens (including phenoxy) is 2. The van der Waals surface area contributed by atoms with Crippen LogP contribution in [0.15, 0.2) is 34.8 Å². The van der Waals surface area contributed by atoms with Gasteiger partial charge in [0.25, 0.3) is 0 Å². The molecule has 2 rings (SSSR count). The normalized spacial score (nSPS) is 10.4. The fourth-order valence-corrected chi connectivity index (χ4v) is 2.93. The molecule has 106 valence electrons. The van der Waals surface area contributed by atoms with Gasteiger partial charge in [-0.3, -0.25) is 0 Å². The van der Waals surface area contributed by atoms with Gasteiger partial charge in [-0.05, 0) is 51.3 Å². The smallest absolute Gasteiger partial charge is 0.144 e. The lowest BCUT2D eigenvalue weighted by atomic mass is 9.98. The first-order valence-electron chi connectivity index (χ1n) is 6.01. The second kappa shape index (κ2) is 6.48. The minimum atomic E-state index is 0.430. The van der Waals surface area contributed by atoms with E-state index in [0.717, 1.165) is 21.2 Å². The average Bonchev–Trinajstić information content (AvgIpc) is 2.46. The molecule has 3 nitrogen and oxygen atoms in total. The SMILES string of the molecule is COc1ccc(-c2cc(Cl)ccc2CN)c(OC)c1Br. The van der Waals surface area contributed by atoms with Crippen LogP contribution < -0.4 is 15.2 Å². The Morgan fingerprint density at radius 3 is 2.45 bits per heavy atom. The van der Waals surface area contributed by atoms with Gasteiger partial charge in [0.15, 0.2) is 0 Å². The minimum absolute atomic E-state index is 0.430. The Bertz CT molecular complexity index is 632. The molecule has 2 N–H and O–H groups in total. The highest BCUT2D eigenvalue weighted by Crippen LogP contribution is 2.43. The molecule has 0 atom stereocenters. The van der Waals surface area contributed by atoms with Gasteiger partial charge in [-0.15, -0.1) is 0 Å². The Kier molecular flexibility index (Phi) is 4.91. The summed E-state index contributed by atoms with van der Waals surface area (Å²) in [5.41, 5.74) is 8.69. The van der Waals surface area contributed by atoms with Crippen LogP contribution in [-0.2, 0) is 6.54 Å². The summed E-state index contributed by atoms with van der Waals surface area (Å²) in [6, 6.07) is 9.46. The number of rotatable bonds is 4. The number of benzene rings is 2. The zero-order valence-electron chi connectivity index (χ0n) is 11.2. The van der Waals surface area contributed by atoms with Gasteiger partial charge in [-0.1, -0.05) is 17.7 Å². The highest BCUT2D eigenvalue weighted by Gasteiger charge is 2.16. The molecule has 0 unspecified atom stereocenters. The third-order valence-electron chi connectivity index (χ3n) is 3.07. The molecular formula is C15H15BrClNO2. The number of halogens is 2. The molecule has 0 radical (unpaired) electrons. The predicted octanol–water partition coefficient (Wildman–Crippen LogP) is 4.25. The van der Waals surface area contributed by atoms with Gasteiger partial charge >= 0.3 is 0 Å². The first-order valence-corrected chi connectivity index (χ1v) is 7.18. The van der Waals surface area contributed by atoms with E-state index in [0.29, 0.717) is 23.1 Å². The Hall–Kier alpha value is -1.23. The summed E-state index contributed by atoms with van der Waals surface area (Å²) in [7, 11) is 3.24. The molecule has 0 saturated heterocycles. The van der Waals surface area contributed by atoms with Crippen molar-refractivity contribution in [3.63, 3.8) is 0 Å². The largest absolute Gasteiger partial charge is 0.495 e. The number of nitrogens with two attached hydrogens (primary N) is 1. The fraction of sp³-hybridized carbons (Fsp3) is 0.200. The van der Waals surface area contributed by atoms with E-state index >= 15 is 0 Å². The highest BCUT2D eigenvalue weighted by atomic mass is 79.9. The number of hydrogen-bond acceptors (Lipinski definition) is 3. The molecule has 2 aromatic rings. The molecule has 0 aromatic heterocycles. The van der Waals surface area contributed by atoms with Crippen LogP contribution in [0.25, 0.3) is 11.1 Å². The van der Waals surface area contributed by atoms with E-state index in [1.54, 1.807) is 14.2 Å². The molecule has 0 bridgehead atoms. The van der Waals surface area contributed by atoms with E-state index < -0.39 is 0 Å². The maximum Gasteiger partial charge on any atom is 0.144 e. The Labute approximate surface area is 131 Å². The molecule has 0 saturated carbocycles. The van der Waals surface area contributed by atoms with Crippen LogP contribution in [0.2, 0.25) is 5.02 Å². The zero-order chi connectivity index (χ0) is 14.7. The van der Waals surface area contributed by atoms with Gasteiger partial charge < -0.3 is 15.2 Å². The van der Waals surface area contributed by atoms with Crippen molar-refractivity contribution in [1.29, 1.82) is 0 Å². The Balaban J connectivity index is 2.69. The Morgan fingerprint density at radius 1 is 1.10 bits per heavy atom. The first kappa shape index (κ1) is 15.2. The molecule has 0 heterocycles. The molecule has 0 aliphatic rings. The molecule has 0 spiro atoms. The van der Waals surface area contributed by atoms with Crippen LogP contribution in [0.5, 0.6) is 11.5 Å². The van der Waals surface area contributed by atoms with Crippen molar-refractivity contribution in [1.82, 2.24) is 0 Å². The van der Waals surface area contributed by atoms with Gasteiger partial charge in [0.05, 0.1) is 14.2 Å². The lowest BCUT2D eigenvalue weighted by Gasteiger charge is -2.16. The topological polar surface area (TPSA) is 44.5 Å². The molecule has 0 aliphatic heterocycles. The van der Waals surface area contributed by atoms with Crippen molar-refractivity contribution in [2.24, 2.45) is 5.73 Å². The van der Waals surface area contributed by atoms with E-state index in [4.69, 9.17) is 26.8 Å². The molecule has 0 fully saturated rings. The standard InChI is InChI=1S/C15H15BrClNO2/c1-19-13-6-5-11(15(20-2)14(13)16)12-7-10(17)4-3-9(12)8-18/h3-7H,8,18H2,1-2H3. The Morgan fingerprint density at radius 2 is 1.85 bits per heavy atom. The summed E-state index contributed by atoms with van der Waals surface area (Å²) in [6.07, 6.45) is 0. The van der Waals surface area contributed by atoms with Crippen LogP contribution in [0.3, 0.4) is 0 Å². The number of methoxy groups -OCH3 is 2. The van der Waals surface area contributed by atoms with Crippen LogP contribution in [-0.4, -0.2) is 14.2 Å². The first-order chi connectivity index (χ1) is 9.62. The predicted molar refractivity (Wildman–Crippen MR) is 85.6 cm³/mol. The van der Waals surface area contributed by atoms with Crippen molar-refractivity contribution < 1.29 is 9.47 Å². The summed E-state index contributed by atoms with van der Waals surface area (Å²) in [5, 5.41) is 0.659. The van der Waals surface area contributed by atoms with Crippen molar-refractivity contribution in [3.05, 3.63) is 45.4 Å². The summed E-state index contributed by atoms with van der Waals surface area (Å²) in [6.45, 7) is 0.430. The number of hydrogen-bond donors (Lipinski definition) is 1. The molecular weight excluding hydrogens is 342 g/mol. The maximum absolute atomic E-state index is 6.10. The molecule has 2 aromatic carbocycles. The van der Waals surface area contributed by atoms with Gasteiger partial charge in [-0.2, -0.15) is 0 Å². The third kappa shape index (κ3) is 2.77. The highest BCUT2D eigenvalue weighted by molar-refractivity contribution is 9.10. The van der Waals surface area contributed by atoms with Crippen molar-refractivity contribution in [3.8, 4) is 22.6 Å². The van der Waals surface area contributed by atoms with E-state index in [9.17, 15) is 0 Å². The molecule has 20 heavy (non-hydrogen) atoms. The summed E-state index contributed by atoms with van der Waals surface area (Å²) in [4.78, 5) is 0. The van der Waals surface area contributed by atoms with Crippen molar-refractivity contribution in [2.75, 3.05) is 14.2 Å². The van der Waals surface area contributed by atoms with Crippen LogP contribution in [0.1, 0.15) is 5.56 Å². The maximum atomic E-state index is 6.10.